The number of rotatable bonds is 3. The Bertz CT molecular complexity index is 783. The predicted octanol–water partition coefficient (Wildman–Crippen LogP) is 0.829. The molecule has 8 heteroatoms. The van der Waals surface area contributed by atoms with Gasteiger partial charge in [0.05, 0.1) is 11.4 Å². The molecular formula is C17H21N5O3. The van der Waals surface area contributed by atoms with Crippen LogP contribution in [-0.2, 0) is 0 Å². The number of carbonyl (C=O) groups is 1. The number of piperidine rings is 1. The molecule has 2 aliphatic rings. The Labute approximate surface area is 145 Å². The van der Waals surface area contributed by atoms with Crippen LogP contribution in [0, 0.1) is 6.92 Å². The summed E-state index contributed by atoms with van der Waals surface area (Å²) in [5, 5.41) is 14.5. The summed E-state index contributed by atoms with van der Waals surface area (Å²) in [5.41, 5.74) is 1.83. The van der Waals surface area contributed by atoms with Gasteiger partial charge in [0.25, 0.3) is 5.91 Å². The lowest BCUT2D eigenvalue weighted by molar-refractivity contribution is 0.0925. The van der Waals surface area contributed by atoms with E-state index < -0.39 is 0 Å². The van der Waals surface area contributed by atoms with Crippen molar-refractivity contribution in [1.82, 2.24) is 25.6 Å². The van der Waals surface area contributed by atoms with Gasteiger partial charge in [-0.1, -0.05) is 5.21 Å². The third kappa shape index (κ3) is 3.17. The van der Waals surface area contributed by atoms with Gasteiger partial charge >= 0.3 is 0 Å². The van der Waals surface area contributed by atoms with Gasteiger partial charge < -0.3 is 20.1 Å². The second-order valence-corrected chi connectivity index (χ2v) is 6.28. The van der Waals surface area contributed by atoms with Crippen LogP contribution < -0.4 is 20.1 Å². The largest absolute Gasteiger partial charge is 0.486 e. The molecule has 0 spiro atoms. The lowest BCUT2D eigenvalue weighted by Gasteiger charge is -2.23. The molecule has 0 radical (unpaired) electrons. The van der Waals surface area contributed by atoms with Gasteiger partial charge in [0.15, 0.2) is 17.2 Å². The molecule has 1 fully saturated rings. The average Bonchev–Trinajstić information content (AvgIpc) is 3.04. The molecule has 2 aliphatic heterocycles. The van der Waals surface area contributed by atoms with Crippen molar-refractivity contribution in [2.24, 2.45) is 0 Å². The minimum Gasteiger partial charge on any atom is -0.486 e. The van der Waals surface area contributed by atoms with Crippen molar-refractivity contribution >= 4 is 5.91 Å². The molecule has 1 aromatic carbocycles. The van der Waals surface area contributed by atoms with Crippen molar-refractivity contribution in [3.63, 3.8) is 0 Å². The fourth-order valence-electron chi connectivity index (χ4n) is 3.18. The highest BCUT2D eigenvalue weighted by atomic mass is 16.6. The molecule has 0 bridgehead atoms. The van der Waals surface area contributed by atoms with E-state index in [1.165, 1.54) is 0 Å². The first-order valence-corrected chi connectivity index (χ1v) is 8.56. The van der Waals surface area contributed by atoms with Gasteiger partial charge in [-0.15, -0.1) is 5.10 Å². The first-order chi connectivity index (χ1) is 12.2. The summed E-state index contributed by atoms with van der Waals surface area (Å²) in [4.78, 5) is 12.5. The molecule has 4 rings (SSSR count). The molecule has 0 aliphatic carbocycles. The Morgan fingerprint density at radius 1 is 1.32 bits per heavy atom. The molecule has 0 saturated carbocycles. The van der Waals surface area contributed by atoms with Gasteiger partial charge in [0.1, 0.15) is 13.2 Å². The first kappa shape index (κ1) is 15.9. The molecule has 25 heavy (non-hydrogen) atoms. The molecule has 1 atom stereocenters. The number of amides is 1. The minimum absolute atomic E-state index is 0.139. The summed E-state index contributed by atoms with van der Waals surface area (Å²) in [6.07, 6.45) is 2.04. The number of hydrogen-bond donors (Lipinski definition) is 2. The smallest absolute Gasteiger partial charge is 0.274 e. The van der Waals surface area contributed by atoms with E-state index in [0.717, 1.165) is 37.4 Å². The van der Waals surface area contributed by atoms with Crippen molar-refractivity contribution in [2.75, 3.05) is 26.3 Å². The van der Waals surface area contributed by atoms with Gasteiger partial charge in [-0.05, 0) is 38.4 Å². The SMILES string of the molecule is Cc1c(C(=O)NC2CCCNC2)nnn1-c1ccc2c(c1)OCCO2. The van der Waals surface area contributed by atoms with E-state index in [1.807, 2.05) is 25.1 Å². The van der Waals surface area contributed by atoms with E-state index >= 15 is 0 Å². The van der Waals surface area contributed by atoms with Crippen LogP contribution in [-0.4, -0.2) is 53.2 Å². The van der Waals surface area contributed by atoms with Crippen molar-refractivity contribution in [3.8, 4) is 17.2 Å². The predicted molar refractivity (Wildman–Crippen MR) is 90.4 cm³/mol. The standard InChI is InChI=1S/C17H21N5O3/c1-11-16(17(23)19-12-3-2-6-18-10-12)20-21-22(11)13-4-5-14-15(9-13)25-8-7-24-14/h4-5,9,12,18H,2-3,6-8,10H2,1H3,(H,19,23). The van der Waals surface area contributed by atoms with E-state index in [1.54, 1.807) is 4.68 Å². The van der Waals surface area contributed by atoms with Crippen LogP contribution in [0.25, 0.3) is 5.69 Å². The summed E-state index contributed by atoms with van der Waals surface area (Å²) in [6, 6.07) is 5.71. The summed E-state index contributed by atoms with van der Waals surface area (Å²) in [7, 11) is 0. The Morgan fingerprint density at radius 3 is 2.96 bits per heavy atom. The average molecular weight is 343 g/mol. The van der Waals surface area contributed by atoms with Crippen molar-refractivity contribution < 1.29 is 14.3 Å². The summed E-state index contributed by atoms with van der Waals surface area (Å²) in [5.74, 6) is 1.21. The molecule has 8 nitrogen and oxygen atoms in total. The number of hydrogen-bond acceptors (Lipinski definition) is 6. The highest BCUT2D eigenvalue weighted by Gasteiger charge is 2.22. The fraction of sp³-hybridized carbons (Fsp3) is 0.471. The molecule has 3 heterocycles. The zero-order valence-electron chi connectivity index (χ0n) is 14.1. The van der Waals surface area contributed by atoms with Gasteiger partial charge in [0.2, 0.25) is 0 Å². The van der Waals surface area contributed by atoms with Gasteiger partial charge in [-0.3, -0.25) is 4.79 Å². The number of nitrogens with zero attached hydrogens (tertiary/aromatic N) is 3. The maximum absolute atomic E-state index is 12.5. The summed E-state index contributed by atoms with van der Waals surface area (Å²) >= 11 is 0. The van der Waals surface area contributed by atoms with Gasteiger partial charge in [-0.25, -0.2) is 4.68 Å². The quantitative estimate of drug-likeness (QED) is 0.858. The minimum atomic E-state index is -0.185. The van der Waals surface area contributed by atoms with E-state index in [9.17, 15) is 4.79 Å². The van der Waals surface area contributed by atoms with E-state index in [2.05, 4.69) is 20.9 Å². The molecule has 132 valence electrons. The zero-order valence-corrected chi connectivity index (χ0v) is 14.1. The molecule has 1 amide bonds. The van der Waals surface area contributed by atoms with Crippen LogP contribution in [0.15, 0.2) is 18.2 Å². The summed E-state index contributed by atoms with van der Waals surface area (Å²) < 4.78 is 12.8. The number of fused-ring (bicyclic) bond motifs is 1. The molecule has 1 aromatic heterocycles. The van der Waals surface area contributed by atoms with Crippen LogP contribution in [0.1, 0.15) is 29.0 Å². The maximum Gasteiger partial charge on any atom is 0.274 e. The number of ether oxygens (including phenoxy) is 2. The topological polar surface area (TPSA) is 90.3 Å². The van der Waals surface area contributed by atoms with Crippen LogP contribution in [0.2, 0.25) is 0 Å². The number of nitrogens with one attached hydrogen (secondary N) is 2. The maximum atomic E-state index is 12.5. The molecule has 2 aromatic rings. The number of carbonyl (C=O) groups excluding carboxylic acids is 1. The second kappa shape index (κ2) is 6.72. The van der Waals surface area contributed by atoms with Crippen LogP contribution in [0.3, 0.4) is 0 Å². The highest BCUT2D eigenvalue weighted by molar-refractivity contribution is 5.93. The van der Waals surface area contributed by atoms with Crippen LogP contribution in [0.4, 0.5) is 0 Å². The Kier molecular flexibility index (Phi) is 4.27. The Morgan fingerprint density at radius 2 is 2.16 bits per heavy atom. The van der Waals surface area contributed by atoms with Gasteiger partial charge in [0, 0.05) is 18.7 Å². The third-order valence-electron chi connectivity index (χ3n) is 4.51. The lowest BCUT2D eigenvalue weighted by Crippen LogP contribution is -2.45. The highest BCUT2D eigenvalue weighted by Crippen LogP contribution is 2.32. The fourth-order valence-corrected chi connectivity index (χ4v) is 3.18. The molecule has 1 saturated heterocycles. The normalized spacial score (nSPS) is 19.5. The van der Waals surface area contributed by atoms with Crippen LogP contribution in [0.5, 0.6) is 11.5 Å². The Hall–Kier alpha value is -2.61. The second-order valence-electron chi connectivity index (χ2n) is 6.28. The zero-order chi connectivity index (χ0) is 17.2. The van der Waals surface area contributed by atoms with Crippen molar-refractivity contribution in [1.29, 1.82) is 0 Å². The summed E-state index contributed by atoms with van der Waals surface area (Å²) in [6.45, 7) is 4.71. The first-order valence-electron chi connectivity index (χ1n) is 8.56. The van der Waals surface area contributed by atoms with E-state index in [4.69, 9.17) is 9.47 Å². The van der Waals surface area contributed by atoms with Crippen molar-refractivity contribution in [2.45, 2.75) is 25.8 Å². The molecule has 1 unspecified atom stereocenters. The lowest BCUT2D eigenvalue weighted by atomic mass is 10.1. The molecule has 2 N–H and O–H groups in total. The van der Waals surface area contributed by atoms with Gasteiger partial charge in [-0.2, -0.15) is 0 Å². The number of aromatic nitrogens is 3. The van der Waals surface area contributed by atoms with E-state index in [-0.39, 0.29) is 11.9 Å². The monoisotopic (exact) mass is 343 g/mol. The molecular weight excluding hydrogens is 322 g/mol. The van der Waals surface area contributed by atoms with Crippen LogP contribution >= 0.6 is 0 Å². The number of benzene rings is 1. The van der Waals surface area contributed by atoms with E-state index in [0.29, 0.717) is 30.4 Å². The third-order valence-corrected chi connectivity index (χ3v) is 4.51. The van der Waals surface area contributed by atoms with Crippen molar-refractivity contribution in [3.05, 3.63) is 29.6 Å². The Balaban J connectivity index is 1.55.